The van der Waals surface area contributed by atoms with E-state index in [9.17, 15) is 15.0 Å². The van der Waals surface area contributed by atoms with E-state index in [1.165, 1.54) is 0 Å². The summed E-state index contributed by atoms with van der Waals surface area (Å²) in [5.41, 5.74) is 0. The molecule has 0 aromatic rings. The van der Waals surface area contributed by atoms with Crippen molar-refractivity contribution in [1.29, 1.82) is 0 Å². The third kappa shape index (κ3) is 1.10. The molecule has 0 aliphatic carbocycles. The number of esters is 1. The normalized spacial score (nSPS) is 39.3. The Morgan fingerprint density at radius 1 is 1.50 bits per heavy atom. The van der Waals surface area contributed by atoms with Gasteiger partial charge in [-0.25, -0.2) is 4.79 Å². The van der Waals surface area contributed by atoms with Gasteiger partial charge in [-0.15, -0.1) is 0 Å². The van der Waals surface area contributed by atoms with E-state index in [4.69, 9.17) is 0 Å². The zero-order valence-corrected chi connectivity index (χ0v) is 7.03. The SMILES string of the molecule is CCOC(=O)C1(O)OC1(O)CC. The van der Waals surface area contributed by atoms with E-state index in [-0.39, 0.29) is 13.0 Å². The Balaban J connectivity index is 2.60. The minimum absolute atomic E-state index is 0.141. The Hall–Kier alpha value is -0.650. The van der Waals surface area contributed by atoms with Crippen LogP contribution in [-0.4, -0.2) is 34.4 Å². The highest BCUT2D eigenvalue weighted by molar-refractivity contribution is 5.81. The molecule has 0 radical (unpaired) electrons. The number of rotatable bonds is 3. The van der Waals surface area contributed by atoms with Gasteiger partial charge in [-0.1, -0.05) is 6.92 Å². The first-order valence-electron chi connectivity index (χ1n) is 3.82. The molecule has 0 spiro atoms. The van der Waals surface area contributed by atoms with Crippen molar-refractivity contribution in [2.75, 3.05) is 6.61 Å². The van der Waals surface area contributed by atoms with Crippen LogP contribution in [0.4, 0.5) is 0 Å². The summed E-state index contributed by atoms with van der Waals surface area (Å²) in [6, 6.07) is 0. The van der Waals surface area contributed by atoms with Gasteiger partial charge in [0, 0.05) is 6.42 Å². The number of epoxide rings is 1. The molecule has 5 nitrogen and oxygen atoms in total. The molecule has 12 heavy (non-hydrogen) atoms. The van der Waals surface area contributed by atoms with Crippen molar-refractivity contribution in [3.63, 3.8) is 0 Å². The van der Waals surface area contributed by atoms with Crippen LogP contribution < -0.4 is 0 Å². The van der Waals surface area contributed by atoms with Crippen LogP contribution in [0.1, 0.15) is 20.3 Å². The highest BCUT2D eigenvalue weighted by Gasteiger charge is 2.75. The van der Waals surface area contributed by atoms with Crippen molar-refractivity contribution >= 4 is 5.97 Å². The fourth-order valence-electron chi connectivity index (χ4n) is 0.961. The summed E-state index contributed by atoms with van der Waals surface area (Å²) in [5.74, 6) is -4.83. The lowest BCUT2D eigenvalue weighted by molar-refractivity contribution is -0.165. The number of aliphatic hydroxyl groups is 2. The van der Waals surface area contributed by atoms with Gasteiger partial charge in [0.1, 0.15) is 0 Å². The Morgan fingerprint density at radius 2 is 2.08 bits per heavy atom. The molecular weight excluding hydrogens is 164 g/mol. The molecule has 0 amide bonds. The maximum Gasteiger partial charge on any atom is 0.372 e. The minimum Gasteiger partial charge on any atom is -0.462 e. The molecule has 5 heteroatoms. The third-order valence-electron chi connectivity index (χ3n) is 1.84. The van der Waals surface area contributed by atoms with Crippen LogP contribution in [-0.2, 0) is 14.3 Å². The lowest BCUT2D eigenvalue weighted by atomic mass is 10.1. The van der Waals surface area contributed by atoms with Gasteiger partial charge in [0.25, 0.3) is 0 Å². The topological polar surface area (TPSA) is 79.3 Å². The van der Waals surface area contributed by atoms with Crippen LogP contribution in [0.2, 0.25) is 0 Å². The molecule has 1 aliphatic rings. The van der Waals surface area contributed by atoms with Crippen LogP contribution in [0, 0.1) is 0 Å². The summed E-state index contributed by atoms with van der Waals surface area (Å²) in [4.78, 5) is 10.9. The van der Waals surface area contributed by atoms with E-state index in [2.05, 4.69) is 9.47 Å². The second-order valence-electron chi connectivity index (χ2n) is 2.60. The van der Waals surface area contributed by atoms with Crippen LogP contribution in [0.3, 0.4) is 0 Å². The number of hydrogen-bond donors (Lipinski definition) is 2. The highest BCUT2D eigenvalue weighted by Crippen LogP contribution is 2.46. The van der Waals surface area contributed by atoms with Crippen LogP contribution in [0.5, 0.6) is 0 Å². The molecule has 70 valence electrons. The maximum absolute atomic E-state index is 10.9. The van der Waals surface area contributed by atoms with Gasteiger partial charge in [-0.3, -0.25) is 4.74 Å². The average Bonchev–Trinajstić information content (AvgIpc) is 2.58. The molecule has 0 aromatic heterocycles. The van der Waals surface area contributed by atoms with Crippen molar-refractivity contribution in [2.45, 2.75) is 31.8 Å². The number of ether oxygens (including phenoxy) is 2. The second kappa shape index (κ2) is 2.69. The molecule has 1 fully saturated rings. The van der Waals surface area contributed by atoms with Gasteiger partial charge in [-0.2, -0.15) is 0 Å². The smallest absolute Gasteiger partial charge is 0.372 e. The molecule has 1 saturated heterocycles. The second-order valence-corrected chi connectivity index (χ2v) is 2.60. The Bertz CT molecular complexity index is 204. The average molecular weight is 176 g/mol. The maximum atomic E-state index is 10.9. The van der Waals surface area contributed by atoms with Crippen LogP contribution >= 0.6 is 0 Å². The van der Waals surface area contributed by atoms with Gasteiger partial charge >= 0.3 is 11.8 Å². The van der Waals surface area contributed by atoms with E-state index in [1.807, 2.05) is 0 Å². The van der Waals surface area contributed by atoms with Crippen molar-refractivity contribution in [3.05, 3.63) is 0 Å². The zero-order chi connectivity index (χ0) is 9.41. The van der Waals surface area contributed by atoms with Gasteiger partial charge in [0.2, 0.25) is 5.79 Å². The fraction of sp³-hybridized carbons (Fsp3) is 0.857. The van der Waals surface area contributed by atoms with Crippen molar-refractivity contribution < 1.29 is 24.5 Å². The number of hydrogen-bond acceptors (Lipinski definition) is 5. The lowest BCUT2D eigenvalue weighted by Crippen LogP contribution is -2.35. The van der Waals surface area contributed by atoms with Gasteiger partial charge in [0.15, 0.2) is 0 Å². The molecule has 0 bridgehead atoms. The summed E-state index contributed by atoms with van der Waals surface area (Å²) in [5, 5.41) is 18.6. The predicted octanol–water partition coefficient (Wildman–Crippen LogP) is -0.633. The molecule has 2 atom stereocenters. The summed E-state index contributed by atoms with van der Waals surface area (Å²) >= 11 is 0. The van der Waals surface area contributed by atoms with Gasteiger partial charge in [0.05, 0.1) is 6.61 Å². The van der Waals surface area contributed by atoms with E-state index >= 15 is 0 Å². The highest BCUT2D eigenvalue weighted by atomic mass is 16.9. The first-order chi connectivity index (χ1) is 5.50. The van der Waals surface area contributed by atoms with E-state index in [1.54, 1.807) is 13.8 Å². The predicted molar refractivity (Wildman–Crippen MR) is 37.9 cm³/mol. The molecular formula is C7H12O5. The largest absolute Gasteiger partial charge is 0.462 e. The fourth-order valence-corrected chi connectivity index (χ4v) is 0.961. The summed E-state index contributed by atoms with van der Waals surface area (Å²) in [6.07, 6.45) is 0.141. The summed E-state index contributed by atoms with van der Waals surface area (Å²) < 4.78 is 8.98. The van der Waals surface area contributed by atoms with E-state index in [0.29, 0.717) is 0 Å². The van der Waals surface area contributed by atoms with Crippen LogP contribution in [0.15, 0.2) is 0 Å². The zero-order valence-electron chi connectivity index (χ0n) is 7.03. The summed E-state index contributed by atoms with van der Waals surface area (Å²) in [6.45, 7) is 3.34. The van der Waals surface area contributed by atoms with Crippen molar-refractivity contribution in [2.24, 2.45) is 0 Å². The lowest BCUT2D eigenvalue weighted by Gasteiger charge is -2.06. The summed E-state index contributed by atoms with van der Waals surface area (Å²) in [7, 11) is 0. The minimum atomic E-state index is -2.14. The molecule has 1 rings (SSSR count). The monoisotopic (exact) mass is 176 g/mol. The molecule has 2 N–H and O–H groups in total. The standard InChI is InChI=1S/C7H12O5/c1-3-6(9)7(10,12-6)5(8)11-4-2/h9-10H,3-4H2,1-2H3. The van der Waals surface area contributed by atoms with Gasteiger partial charge in [-0.05, 0) is 6.92 Å². The Labute approximate surface area is 69.9 Å². The number of carbonyl (C=O) groups excluding carboxylic acids is 1. The van der Waals surface area contributed by atoms with Crippen molar-refractivity contribution in [1.82, 2.24) is 0 Å². The van der Waals surface area contributed by atoms with Gasteiger partial charge < -0.3 is 14.9 Å². The molecule has 1 aliphatic heterocycles. The first-order valence-corrected chi connectivity index (χ1v) is 3.82. The molecule has 2 unspecified atom stereocenters. The number of carbonyl (C=O) groups is 1. The molecule has 1 heterocycles. The molecule has 0 aromatic carbocycles. The Morgan fingerprint density at radius 3 is 2.42 bits per heavy atom. The van der Waals surface area contributed by atoms with Crippen LogP contribution in [0.25, 0.3) is 0 Å². The third-order valence-corrected chi connectivity index (χ3v) is 1.84. The van der Waals surface area contributed by atoms with E-state index in [0.717, 1.165) is 0 Å². The van der Waals surface area contributed by atoms with Crippen molar-refractivity contribution in [3.8, 4) is 0 Å². The quantitative estimate of drug-likeness (QED) is 0.442. The molecule has 0 saturated carbocycles. The Kier molecular flexibility index (Phi) is 2.11. The first kappa shape index (κ1) is 9.44. The van der Waals surface area contributed by atoms with E-state index < -0.39 is 17.5 Å².